The van der Waals surface area contributed by atoms with Crippen molar-refractivity contribution >= 4 is 11.8 Å². The predicted molar refractivity (Wildman–Crippen MR) is 102 cm³/mol. The van der Waals surface area contributed by atoms with Crippen LogP contribution in [-0.2, 0) is 9.53 Å². The Labute approximate surface area is 163 Å². The lowest BCUT2D eigenvalue weighted by atomic mass is 10.0. The molecule has 1 aromatic heterocycles. The van der Waals surface area contributed by atoms with Gasteiger partial charge in [0.05, 0.1) is 30.5 Å². The number of likely N-dealkylation sites (tertiary alicyclic amines) is 1. The maximum atomic E-state index is 13.4. The van der Waals surface area contributed by atoms with Gasteiger partial charge in [-0.25, -0.2) is 4.68 Å². The zero-order valence-electron chi connectivity index (χ0n) is 16.2. The number of ether oxygens (including phenoxy) is 1. The molecule has 1 aromatic carbocycles. The Hall–Kier alpha value is -2.67. The maximum absolute atomic E-state index is 13.4. The number of hydrogen-bond acceptors (Lipinski definition) is 4. The third-order valence-electron chi connectivity index (χ3n) is 6.22. The van der Waals surface area contributed by atoms with Crippen molar-refractivity contribution in [3.8, 4) is 5.69 Å². The predicted octanol–water partition coefficient (Wildman–Crippen LogP) is 2.05. The van der Waals surface area contributed by atoms with Crippen molar-refractivity contribution in [2.24, 2.45) is 0 Å². The highest BCUT2D eigenvalue weighted by Crippen LogP contribution is 2.45. The number of aryl methyl sites for hydroxylation is 2. The van der Waals surface area contributed by atoms with Crippen LogP contribution < -0.4 is 0 Å². The van der Waals surface area contributed by atoms with Crippen LogP contribution >= 0.6 is 0 Å². The minimum absolute atomic E-state index is 0.0471. The monoisotopic (exact) mass is 380 g/mol. The molecule has 7 heteroatoms. The van der Waals surface area contributed by atoms with Crippen molar-refractivity contribution in [1.82, 2.24) is 19.6 Å². The molecule has 2 aromatic rings. The van der Waals surface area contributed by atoms with E-state index in [2.05, 4.69) is 5.10 Å². The summed E-state index contributed by atoms with van der Waals surface area (Å²) in [4.78, 5) is 29.5. The van der Waals surface area contributed by atoms with Crippen molar-refractivity contribution < 1.29 is 14.3 Å². The molecule has 3 saturated heterocycles. The summed E-state index contributed by atoms with van der Waals surface area (Å²) < 4.78 is 7.96. The minimum atomic E-state index is -0.613. The van der Waals surface area contributed by atoms with Crippen LogP contribution in [0.3, 0.4) is 0 Å². The number of amides is 2. The number of carbonyl (C=O) groups excluding carboxylic acids is 2. The highest BCUT2D eigenvalue weighted by Gasteiger charge is 2.61. The van der Waals surface area contributed by atoms with Crippen molar-refractivity contribution in [2.45, 2.75) is 44.9 Å². The van der Waals surface area contributed by atoms with Gasteiger partial charge in [-0.2, -0.15) is 5.10 Å². The van der Waals surface area contributed by atoms with Crippen LogP contribution in [0, 0.1) is 13.8 Å². The van der Waals surface area contributed by atoms with Crippen LogP contribution in [0.25, 0.3) is 5.69 Å². The van der Waals surface area contributed by atoms with Gasteiger partial charge in [0.2, 0.25) is 5.91 Å². The van der Waals surface area contributed by atoms with E-state index in [0.29, 0.717) is 31.6 Å². The molecule has 0 unspecified atom stereocenters. The highest BCUT2D eigenvalue weighted by atomic mass is 16.5. The fourth-order valence-electron chi connectivity index (χ4n) is 5.02. The summed E-state index contributed by atoms with van der Waals surface area (Å²) in [6, 6.07) is 9.35. The Bertz CT molecular complexity index is 968. The molecule has 5 rings (SSSR count). The van der Waals surface area contributed by atoms with Gasteiger partial charge in [0.15, 0.2) is 5.72 Å². The normalized spacial score (nSPS) is 26.5. The standard InChI is InChI=1S/C21H24N4O3/c1-14-11-15(2)25(22-14)17-6-3-5-16(12-17)20(27)23-9-7-21-18(23)13-19(26)24(21)8-4-10-28-21/h3,5-6,11-12,18H,4,7-10,13H2,1-2H3/t18-,21+/m1/s1. The summed E-state index contributed by atoms with van der Waals surface area (Å²) in [6.07, 6.45) is 1.90. The molecule has 0 bridgehead atoms. The lowest BCUT2D eigenvalue weighted by molar-refractivity contribution is -0.179. The Kier molecular flexibility index (Phi) is 3.84. The SMILES string of the molecule is Cc1cc(C)n(-c2cccc(C(=O)N3CC[C@@]45OCCCN4C(=O)C[C@@H]35)c2)n1. The zero-order chi connectivity index (χ0) is 19.5. The molecule has 0 N–H and O–H groups in total. The van der Waals surface area contributed by atoms with Gasteiger partial charge in [-0.15, -0.1) is 0 Å². The Morgan fingerprint density at radius 1 is 1.25 bits per heavy atom. The van der Waals surface area contributed by atoms with Gasteiger partial charge in [0, 0.05) is 30.8 Å². The second-order valence-electron chi connectivity index (χ2n) is 7.95. The first-order chi connectivity index (χ1) is 13.5. The van der Waals surface area contributed by atoms with Gasteiger partial charge in [0.1, 0.15) is 0 Å². The molecule has 2 amide bonds. The topological polar surface area (TPSA) is 67.7 Å². The summed E-state index contributed by atoms with van der Waals surface area (Å²) >= 11 is 0. The second kappa shape index (κ2) is 6.17. The molecular formula is C21H24N4O3. The smallest absolute Gasteiger partial charge is 0.254 e. The molecule has 0 radical (unpaired) electrons. The van der Waals surface area contributed by atoms with E-state index in [1.54, 1.807) is 0 Å². The summed E-state index contributed by atoms with van der Waals surface area (Å²) in [7, 11) is 0. The average Bonchev–Trinajstić information content (AvgIpc) is 3.30. The van der Waals surface area contributed by atoms with Crippen molar-refractivity contribution in [2.75, 3.05) is 19.7 Å². The van der Waals surface area contributed by atoms with Crippen LogP contribution in [0.15, 0.2) is 30.3 Å². The highest BCUT2D eigenvalue weighted by molar-refractivity contribution is 5.96. The van der Waals surface area contributed by atoms with Gasteiger partial charge in [-0.3, -0.25) is 9.59 Å². The van der Waals surface area contributed by atoms with E-state index in [9.17, 15) is 9.59 Å². The number of rotatable bonds is 2. The summed E-state index contributed by atoms with van der Waals surface area (Å²) in [5.41, 5.74) is 2.83. The number of nitrogens with zero attached hydrogens (tertiary/aromatic N) is 4. The first kappa shape index (κ1) is 17.4. The Morgan fingerprint density at radius 3 is 2.89 bits per heavy atom. The first-order valence-electron chi connectivity index (χ1n) is 9.89. The van der Waals surface area contributed by atoms with E-state index in [1.165, 1.54) is 0 Å². The van der Waals surface area contributed by atoms with E-state index in [0.717, 1.165) is 30.0 Å². The van der Waals surface area contributed by atoms with E-state index in [-0.39, 0.29) is 17.9 Å². The van der Waals surface area contributed by atoms with Crippen LogP contribution in [0.2, 0.25) is 0 Å². The molecule has 7 nitrogen and oxygen atoms in total. The van der Waals surface area contributed by atoms with Crippen LogP contribution in [0.4, 0.5) is 0 Å². The molecule has 3 fully saturated rings. The summed E-state index contributed by atoms with van der Waals surface area (Å²) in [5.74, 6) is 0.0488. The largest absolute Gasteiger partial charge is 0.353 e. The van der Waals surface area contributed by atoms with Crippen LogP contribution in [0.5, 0.6) is 0 Å². The van der Waals surface area contributed by atoms with Crippen molar-refractivity contribution in [3.63, 3.8) is 0 Å². The van der Waals surface area contributed by atoms with E-state index < -0.39 is 5.72 Å². The van der Waals surface area contributed by atoms with Gasteiger partial charge in [0.25, 0.3) is 5.91 Å². The molecule has 3 aliphatic rings. The first-order valence-corrected chi connectivity index (χ1v) is 9.89. The lowest BCUT2D eigenvalue weighted by Gasteiger charge is -2.42. The number of carbonyl (C=O) groups is 2. The molecule has 2 atom stereocenters. The lowest BCUT2D eigenvalue weighted by Crippen LogP contribution is -2.56. The molecule has 0 aliphatic carbocycles. The average molecular weight is 380 g/mol. The molecule has 3 aliphatic heterocycles. The Balaban J connectivity index is 1.45. The fraction of sp³-hybridized carbons (Fsp3) is 0.476. The van der Waals surface area contributed by atoms with E-state index in [1.807, 2.05) is 58.7 Å². The third-order valence-corrected chi connectivity index (χ3v) is 6.22. The molecule has 28 heavy (non-hydrogen) atoms. The van der Waals surface area contributed by atoms with Crippen LogP contribution in [-0.4, -0.2) is 62.9 Å². The van der Waals surface area contributed by atoms with Crippen molar-refractivity contribution in [3.05, 3.63) is 47.3 Å². The number of hydrogen-bond donors (Lipinski definition) is 0. The number of aromatic nitrogens is 2. The molecular weight excluding hydrogens is 356 g/mol. The Morgan fingerprint density at radius 2 is 2.11 bits per heavy atom. The third kappa shape index (κ3) is 2.42. The van der Waals surface area contributed by atoms with Crippen LogP contribution in [0.1, 0.15) is 41.0 Å². The quantitative estimate of drug-likeness (QED) is 0.800. The molecule has 0 saturated carbocycles. The molecule has 146 valence electrons. The maximum Gasteiger partial charge on any atom is 0.254 e. The van der Waals surface area contributed by atoms with Crippen molar-refractivity contribution in [1.29, 1.82) is 0 Å². The van der Waals surface area contributed by atoms with Gasteiger partial charge in [-0.05, 0) is 44.5 Å². The zero-order valence-corrected chi connectivity index (χ0v) is 16.2. The fourth-order valence-corrected chi connectivity index (χ4v) is 5.02. The molecule has 4 heterocycles. The van der Waals surface area contributed by atoms with Gasteiger partial charge < -0.3 is 14.5 Å². The summed E-state index contributed by atoms with van der Waals surface area (Å²) in [6.45, 7) is 5.94. The van der Waals surface area contributed by atoms with Gasteiger partial charge in [-0.1, -0.05) is 6.07 Å². The second-order valence-corrected chi connectivity index (χ2v) is 7.95. The van der Waals surface area contributed by atoms with Gasteiger partial charge >= 0.3 is 0 Å². The number of benzene rings is 1. The van der Waals surface area contributed by atoms with E-state index >= 15 is 0 Å². The van der Waals surface area contributed by atoms with E-state index in [4.69, 9.17) is 4.74 Å². The minimum Gasteiger partial charge on any atom is -0.353 e. The summed E-state index contributed by atoms with van der Waals surface area (Å²) in [5, 5.41) is 4.51. The molecule has 1 spiro atoms.